The largest absolute Gasteiger partial charge is 0.353 e. The first-order chi connectivity index (χ1) is 10.1. The monoisotopic (exact) mass is 283 g/mol. The highest BCUT2D eigenvalue weighted by Crippen LogP contribution is 2.58. The molecule has 2 aliphatic heterocycles. The van der Waals surface area contributed by atoms with Crippen LogP contribution in [0.5, 0.6) is 0 Å². The molecular weight excluding hydrogens is 262 g/mol. The number of allylic oxidation sites excluding steroid dienone is 1. The van der Waals surface area contributed by atoms with Gasteiger partial charge >= 0.3 is 0 Å². The van der Waals surface area contributed by atoms with E-state index in [0.717, 1.165) is 12.8 Å². The third-order valence-electron chi connectivity index (χ3n) is 5.57. The zero-order chi connectivity index (χ0) is 14.6. The second-order valence-electron chi connectivity index (χ2n) is 6.65. The van der Waals surface area contributed by atoms with Crippen molar-refractivity contribution in [2.45, 2.75) is 38.0 Å². The molecule has 1 saturated carbocycles. The maximum atomic E-state index is 12.6. The fourth-order valence-electron chi connectivity index (χ4n) is 4.66. The van der Waals surface area contributed by atoms with Crippen molar-refractivity contribution in [2.24, 2.45) is 11.8 Å². The van der Waals surface area contributed by atoms with Crippen molar-refractivity contribution in [3.63, 3.8) is 0 Å². The van der Waals surface area contributed by atoms with E-state index in [1.165, 1.54) is 11.1 Å². The Morgan fingerprint density at radius 1 is 1.38 bits per heavy atom. The molecule has 3 heteroatoms. The van der Waals surface area contributed by atoms with Crippen molar-refractivity contribution < 1.29 is 9.53 Å². The molecule has 3 nitrogen and oxygen atoms in total. The number of carbonyl (C=O) groups excluding carboxylic acids is 1. The van der Waals surface area contributed by atoms with E-state index in [4.69, 9.17) is 4.74 Å². The maximum absolute atomic E-state index is 12.6. The van der Waals surface area contributed by atoms with Crippen molar-refractivity contribution in [1.82, 2.24) is 4.90 Å². The first-order valence-electron chi connectivity index (χ1n) is 7.80. The molecule has 3 fully saturated rings. The molecule has 1 spiro atoms. The highest BCUT2D eigenvalue weighted by Gasteiger charge is 2.64. The highest BCUT2D eigenvalue weighted by atomic mass is 16.5. The number of carbonyl (C=O) groups is 1. The average molecular weight is 283 g/mol. The molecule has 110 valence electrons. The minimum atomic E-state index is -0.360. The van der Waals surface area contributed by atoms with Gasteiger partial charge in [-0.3, -0.25) is 4.79 Å². The van der Waals surface area contributed by atoms with Gasteiger partial charge in [-0.2, -0.15) is 0 Å². The van der Waals surface area contributed by atoms with E-state index in [2.05, 4.69) is 30.5 Å². The molecule has 0 N–H and O–H groups in total. The lowest BCUT2D eigenvalue weighted by Gasteiger charge is -2.33. The Kier molecular flexibility index (Phi) is 2.77. The van der Waals surface area contributed by atoms with Crippen LogP contribution in [-0.4, -0.2) is 23.1 Å². The molecule has 0 aromatic heterocycles. The van der Waals surface area contributed by atoms with Crippen LogP contribution in [0, 0.1) is 11.8 Å². The molecule has 1 aromatic carbocycles. The van der Waals surface area contributed by atoms with Crippen LogP contribution in [0.15, 0.2) is 42.5 Å². The second kappa shape index (κ2) is 4.44. The van der Waals surface area contributed by atoms with Gasteiger partial charge in [-0.25, -0.2) is 0 Å². The molecule has 4 atom stereocenters. The smallest absolute Gasteiger partial charge is 0.225 e. The van der Waals surface area contributed by atoms with Gasteiger partial charge in [-0.1, -0.05) is 42.5 Å². The van der Waals surface area contributed by atoms with E-state index in [9.17, 15) is 4.79 Å². The minimum absolute atomic E-state index is 0.0765. The first kappa shape index (κ1) is 13.1. The van der Waals surface area contributed by atoms with Crippen LogP contribution in [-0.2, 0) is 9.53 Å². The predicted octanol–water partition coefficient (Wildman–Crippen LogP) is 3.29. The van der Waals surface area contributed by atoms with Crippen molar-refractivity contribution in [1.29, 1.82) is 0 Å². The van der Waals surface area contributed by atoms with Gasteiger partial charge in [-0.05, 0) is 31.2 Å². The van der Waals surface area contributed by atoms with Gasteiger partial charge in [0.2, 0.25) is 5.91 Å². The van der Waals surface area contributed by atoms with Crippen LogP contribution in [0.25, 0.3) is 0 Å². The van der Waals surface area contributed by atoms with Gasteiger partial charge in [0, 0.05) is 12.3 Å². The second-order valence-corrected chi connectivity index (χ2v) is 6.65. The summed E-state index contributed by atoms with van der Waals surface area (Å²) in [6.07, 6.45) is 2.65. The summed E-state index contributed by atoms with van der Waals surface area (Å²) < 4.78 is 6.27. The molecule has 4 rings (SSSR count). The summed E-state index contributed by atoms with van der Waals surface area (Å²) in [5.74, 6) is 0.960. The summed E-state index contributed by atoms with van der Waals surface area (Å²) in [4.78, 5) is 14.7. The van der Waals surface area contributed by atoms with Crippen molar-refractivity contribution in [3.05, 3.63) is 48.0 Å². The quantitative estimate of drug-likeness (QED) is 0.779. The Morgan fingerprint density at radius 2 is 2.14 bits per heavy atom. The normalized spacial score (nSPS) is 37.7. The summed E-state index contributed by atoms with van der Waals surface area (Å²) in [7, 11) is 0. The Morgan fingerprint density at radius 3 is 2.86 bits per heavy atom. The van der Waals surface area contributed by atoms with Crippen LogP contribution in [0.2, 0.25) is 0 Å². The molecule has 0 unspecified atom stereocenters. The van der Waals surface area contributed by atoms with Gasteiger partial charge in [-0.15, -0.1) is 0 Å². The minimum Gasteiger partial charge on any atom is -0.353 e. The van der Waals surface area contributed by atoms with Gasteiger partial charge in [0.05, 0.1) is 12.6 Å². The van der Waals surface area contributed by atoms with Gasteiger partial charge < -0.3 is 9.64 Å². The molecule has 21 heavy (non-hydrogen) atoms. The Hall–Kier alpha value is -1.61. The number of amides is 1. The molecule has 0 bridgehead atoms. The average Bonchev–Trinajstić information content (AvgIpc) is 3.09. The van der Waals surface area contributed by atoms with E-state index in [1.807, 2.05) is 18.2 Å². The zero-order valence-electron chi connectivity index (χ0n) is 12.4. The lowest BCUT2D eigenvalue weighted by molar-refractivity contribution is -0.139. The zero-order valence-corrected chi connectivity index (χ0v) is 12.4. The van der Waals surface area contributed by atoms with Gasteiger partial charge in [0.1, 0.15) is 5.72 Å². The highest BCUT2D eigenvalue weighted by molar-refractivity contribution is 5.81. The first-order valence-corrected chi connectivity index (χ1v) is 7.80. The molecule has 1 aromatic rings. The topological polar surface area (TPSA) is 29.5 Å². The predicted molar refractivity (Wildman–Crippen MR) is 80.4 cm³/mol. The van der Waals surface area contributed by atoms with Crippen LogP contribution < -0.4 is 0 Å². The maximum Gasteiger partial charge on any atom is 0.225 e. The Balaban J connectivity index is 1.72. The lowest BCUT2D eigenvalue weighted by atomic mass is 9.87. The molecular formula is C18H21NO2. The summed E-state index contributed by atoms with van der Waals surface area (Å²) in [6.45, 7) is 6.83. The molecule has 1 aliphatic carbocycles. The number of ether oxygens (including phenoxy) is 1. The van der Waals surface area contributed by atoms with Crippen molar-refractivity contribution in [2.75, 3.05) is 6.61 Å². The summed E-state index contributed by atoms with van der Waals surface area (Å²) in [5, 5.41) is 0. The van der Waals surface area contributed by atoms with Crippen molar-refractivity contribution >= 4 is 5.91 Å². The standard InChI is InChI=1S/C18H21NO2/c1-12(2)14-8-9-18-15(14)10-17(20)19(18)16(11-21-18)13-6-4-3-5-7-13/h3-7,14-16H,1,8-11H2,2H3/t14-,15+,16+,18+/m1/s1. The van der Waals surface area contributed by atoms with Crippen molar-refractivity contribution in [3.8, 4) is 0 Å². The van der Waals surface area contributed by atoms with E-state index < -0.39 is 0 Å². The Labute approximate surface area is 125 Å². The van der Waals surface area contributed by atoms with Gasteiger partial charge in [0.15, 0.2) is 0 Å². The summed E-state index contributed by atoms with van der Waals surface area (Å²) in [5.41, 5.74) is 2.02. The number of nitrogens with zero attached hydrogens (tertiary/aromatic N) is 1. The van der Waals surface area contributed by atoms with E-state index in [-0.39, 0.29) is 23.6 Å². The number of hydrogen-bond acceptors (Lipinski definition) is 2. The fraction of sp³-hybridized carbons (Fsp3) is 0.500. The van der Waals surface area contributed by atoms with Crippen LogP contribution >= 0.6 is 0 Å². The molecule has 3 aliphatic rings. The SMILES string of the molecule is C=C(C)[C@H]1CC[C@@]23OC[C@@H](c4ccccc4)N2C(=O)C[C@@H]13. The van der Waals surface area contributed by atoms with E-state index >= 15 is 0 Å². The van der Waals surface area contributed by atoms with Crippen LogP contribution in [0.4, 0.5) is 0 Å². The third kappa shape index (κ3) is 1.67. The number of rotatable bonds is 2. The van der Waals surface area contributed by atoms with E-state index in [0.29, 0.717) is 18.9 Å². The summed E-state index contributed by atoms with van der Waals surface area (Å²) >= 11 is 0. The van der Waals surface area contributed by atoms with Crippen LogP contribution in [0.1, 0.15) is 37.8 Å². The molecule has 2 heterocycles. The van der Waals surface area contributed by atoms with Crippen LogP contribution in [0.3, 0.4) is 0 Å². The van der Waals surface area contributed by atoms with E-state index in [1.54, 1.807) is 0 Å². The molecule has 1 amide bonds. The number of benzene rings is 1. The van der Waals surface area contributed by atoms with Gasteiger partial charge in [0.25, 0.3) is 0 Å². The summed E-state index contributed by atoms with van der Waals surface area (Å²) in [6, 6.07) is 10.3. The molecule has 0 radical (unpaired) electrons. The Bertz CT molecular complexity index is 596. The third-order valence-corrected chi connectivity index (χ3v) is 5.57. The molecule has 2 saturated heterocycles. The lowest BCUT2D eigenvalue weighted by Crippen LogP contribution is -2.44. The fourth-order valence-corrected chi connectivity index (χ4v) is 4.66. The number of hydrogen-bond donors (Lipinski definition) is 0.